The van der Waals surface area contributed by atoms with E-state index in [0.717, 1.165) is 17.8 Å². The number of benzene rings is 1. The Kier molecular flexibility index (Phi) is 2.23. The molecule has 4 bridgehead atoms. The van der Waals surface area contributed by atoms with Crippen LogP contribution in [0.25, 0.3) is 0 Å². The molecular weight excluding hydrogens is 216 g/mol. The van der Waals surface area contributed by atoms with Gasteiger partial charge in [-0.05, 0) is 86.7 Å². The Balaban J connectivity index is 1.79. The second-order valence-corrected chi connectivity index (χ2v) is 7.52. The lowest BCUT2D eigenvalue weighted by Crippen LogP contribution is -2.48. The largest absolute Gasteiger partial charge is 0.0590 e. The summed E-state index contributed by atoms with van der Waals surface area (Å²) >= 11 is 0. The van der Waals surface area contributed by atoms with Gasteiger partial charge >= 0.3 is 0 Å². The number of rotatable bonds is 1. The van der Waals surface area contributed by atoms with Crippen LogP contribution in [0.3, 0.4) is 0 Å². The Labute approximate surface area is 111 Å². The molecule has 0 atom stereocenters. The molecule has 4 aliphatic carbocycles. The van der Waals surface area contributed by atoms with Gasteiger partial charge in [-0.2, -0.15) is 0 Å². The molecule has 1 aromatic carbocycles. The molecule has 4 saturated carbocycles. The van der Waals surface area contributed by atoms with Crippen LogP contribution >= 0.6 is 0 Å². The maximum absolute atomic E-state index is 2.46. The smallest absolute Gasteiger partial charge is 0.00364 e. The van der Waals surface area contributed by atoms with Crippen molar-refractivity contribution in [3.05, 3.63) is 34.9 Å². The van der Waals surface area contributed by atoms with E-state index in [0.29, 0.717) is 5.41 Å². The molecule has 0 N–H and O–H groups in total. The fourth-order valence-electron chi connectivity index (χ4n) is 5.85. The minimum Gasteiger partial charge on any atom is -0.0590 e. The minimum absolute atomic E-state index is 0.576. The average Bonchev–Trinajstić information content (AvgIpc) is 2.26. The first-order chi connectivity index (χ1) is 8.64. The molecule has 0 unspecified atom stereocenters. The summed E-state index contributed by atoms with van der Waals surface area (Å²) in [6.07, 6.45) is 9.10. The van der Waals surface area contributed by atoms with Gasteiger partial charge in [0.2, 0.25) is 0 Å². The van der Waals surface area contributed by atoms with Crippen LogP contribution in [0.1, 0.15) is 55.2 Å². The number of hydrogen-bond acceptors (Lipinski definition) is 0. The lowest BCUT2D eigenvalue weighted by Gasteiger charge is -2.57. The van der Waals surface area contributed by atoms with Crippen molar-refractivity contribution in [3.63, 3.8) is 0 Å². The highest BCUT2D eigenvalue weighted by atomic mass is 14.6. The van der Waals surface area contributed by atoms with E-state index in [4.69, 9.17) is 0 Å². The Morgan fingerprint density at radius 2 is 1.44 bits per heavy atom. The van der Waals surface area contributed by atoms with Crippen LogP contribution in [-0.2, 0) is 5.41 Å². The van der Waals surface area contributed by atoms with Crippen molar-refractivity contribution >= 4 is 0 Å². The third-order valence-electron chi connectivity index (χ3n) is 5.99. The number of hydrogen-bond donors (Lipinski definition) is 0. The van der Waals surface area contributed by atoms with E-state index >= 15 is 0 Å². The summed E-state index contributed by atoms with van der Waals surface area (Å²) in [7, 11) is 0. The van der Waals surface area contributed by atoms with Gasteiger partial charge in [0, 0.05) is 0 Å². The van der Waals surface area contributed by atoms with Gasteiger partial charge in [0.25, 0.3) is 0 Å². The van der Waals surface area contributed by atoms with Gasteiger partial charge in [0.05, 0.1) is 0 Å². The zero-order valence-electron chi connectivity index (χ0n) is 11.7. The zero-order valence-corrected chi connectivity index (χ0v) is 11.7. The summed E-state index contributed by atoms with van der Waals surface area (Å²) < 4.78 is 0. The molecule has 0 aromatic heterocycles. The molecule has 0 amide bonds. The Morgan fingerprint density at radius 1 is 0.889 bits per heavy atom. The molecule has 18 heavy (non-hydrogen) atoms. The first-order valence-electron chi connectivity index (χ1n) is 7.72. The second kappa shape index (κ2) is 3.62. The average molecular weight is 240 g/mol. The maximum Gasteiger partial charge on any atom is -0.00364 e. The van der Waals surface area contributed by atoms with Crippen LogP contribution in [0.4, 0.5) is 0 Å². The van der Waals surface area contributed by atoms with Gasteiger partial charge in [0.1, 0.15) is 0 Å². The van der Waals surface area contributed by atoms with Gasteiger partial charge in [-0.1, -0.05) is 23.8 Å². The fourth-order valence-corrected chi connectivity index (χ4v) is 5.85. The molecule has 0 nitrogen and oxygen atoms in total. The van der Waals surface area contributed by atoms with Crippen LogP contribution in [0.2, 0.25) is 0 Å². The lowest BCUT2D eigenvalue weighted by molar-refractivity contribution is -0.00546. The molecule has 4 aliphatic rings. The normalized spacial score (nSPS) is 41.3. The van der Waals surface area contributed by atoms with Gasteiger partial charge in [-0.25, -0.2) is 0 Å². The third-order valence-corrected chi connectivity index (χ3v) is 5.99. The summed E-state index contributed by atoms with van der Waals surface area (Å²) in [6, 6.07) is 7.19. The molecule has 96 valence electrons. The first-order valence-corrected chi connectivity index (χ1v) is 7.72. The van der Waals surface area contributed by atoms with Crippen LogP contribution < -0.4 is 0 Å². The van der Waals surface area contributed by atoms with E-state index in [-0.39, 0.29) is 0 Å². The van der Waals surface area contributed by atoms with Crippen molar-refractivity contribution in [2.75, 3.05) is 0 Å². The number of aryl methyl sites for hydroxylation is 2. The molecule has 0 radical (unpaired) electrons. The van der Waals surface area contributed by atoms with Crippen LogP contribution in [-0.4, -0.2) is 0 Å². The van der Waals surface area contributed by atoms with Crippen molar-refractivity contribution in [3.8, 4) is 0 Å². The Hall–Kier alpha value is -0.780. The van der Waals surface area contributed by atoms with Gasteiger partial charge in [0.15, 0.2) is 0 Å². The molecule has 0 heteroatoms. The highest BCUT2D eigenvalue weighted by Crippen LogP contribution is 2.61. The quantitative estimate of drug-likeness (QED) is 0.663. The van der Waals surface area contributed by atoms with Gasteiger partial charge < -0.3 is 0 Å². The fraction of sp³-hybridized carbons (Fsp3) is 0.667. The highest BCUT2D eigenvalue weighted by Gasteiger charge is 2.51. The van der Waals surface area contributed by atoms with Crippen molar-refractivity contribution in [2.24, 2.45) is 17.8 Å². The molecule has 0 heterocycles. The van der Waals surface area contributed by atoms with Crippen molar-refractivity contribution in [2.45, 2.75) is 57.8 Å². The van der Waals surface area contributed by atoms with Crippen LogP contribution in [0.5, 0.6) is 0 Å². The summed E-state index contributed by atoms with van der Waals surface area (Å²) in [5, 5.41) is 0. The van der Waals surface area contributed by atoms with E-state index in [1.165, 1.54) is 24.8 Å². The van der Waals surface area contributed by atoms with Crippen molar-refractivity contribution in [1.29, 1.82) is 0 Å². The van der Waals surface area contributed by atoms with Gasteiger partial charge in [-0.15, -0.1) is 0 Å². The summed E-state index contributed by atoms with van der Waals surface area (Å²) in [5.74, 6) is 3.16. The monoisotopic (exact) mass is 240 g/mol. The standard InChI is InChI=1S/C18H24/c1-12-3-4-17(13(2)5-12)18-9-14-6-15(10-18)8-16(7-14)11-18/h3-5,14-16H,6-11H2,1-2H3. The summed E-state index contributed by atoms with van der Waals surface area (Å²) in [4.78, 5) is 0. The van der Waals surface area contributed by atoms with Crippen LogP contribution in [0, 0.1) is 31.6 Å². The second-order valence-electron chi connectivity index (χ2n) is 7.52. The van der Waals surface area contributed by atoms with Crippen molar-refractivity contribution < 1.29 is 0 Å². The minimum atomic E-state index is 0.576. The Morgan fingerprint density at radius 3 is 1.94 bits per heavy atom. The molecule has 0 aliphatic heterocycles. The first kappa shape index (κ1) is 11.1. The Bertz CT molecular complexity index is 448. The van der Waals surface area contributed by atoms with Crippen molar-refractivity contribution in [1.82, 2.24) is 0 Å². The molecule has 1 aromatic rings. The summed E-state index contributed by atoms with van der Waals surface area (Å²) in [5.41, 5.74) is 5.25. The van der Waals surface area contributed by atoms with E-state index in [1.807, 2.05) is 0 Å². The van der Waals surface area contributed by atoms with E-state index in [1.54, 1.807) is 30.4 Å². The molecule has 0 saturated heterocycles. The lowest BCUT2D eigenvalue weighted by atomic mass is 9.47. The summed E-state index contributed by atoms with van der Waals surface area (Å²) in [6.45, 7) is 4.55. The van der Waals surface area contributed by atoms with Crippen LogP contribution in [0.15, 0.2) is 18.2 Å². The molecule has 0 spiro atoms. The SMILES string of the molecule is Cc1ccc(C23CC4CC(CC(C4)C2)C3)c(C)c1. The maximum atomic E-state index is 2.46. The van der Waals surface area contributed by atoms with E-state index in [2.05, 4.69) is 32.0 Å². The van der Waals surface area contributed by atoms with E-state index in [9.17, 15) is 0 Å². The third kappa shape index (κ3) is 1.51. The zero-order chi connectivity index (χ0) is 12.3. The topological polar surface area (TPSA) is 0 Å². The van der Waals surface area contributed by atoms with Gasteiger partial charge in [-0.3, -0.25) is 0 Å². The molecule has 4 fully saturated rings. The van der Waals surface area contributed by atoms with E-state index < -0.39 is 0 Å². The highest BCUT2D eigenvalue weighted by molar-refractivity contribution is 5.38. The predicted molar refractivity (Wildman–Crippen MR) is 75.8 cm³/mol. The molecular formula is C18H24. The molecule has 5 rings (SSSR count). The predicted octanol–water partition coefficient (Wildman–Crippen LogP) is 4.77.